The summed E-state index contributed by atoms with van der Waals surface area (Å²) in [6.07, 6.45) is 7.46. The number of benzene rings is 1. The van der Waals surface area contributed by atoms with Crippen molar-refractivity contribution in [3.63, 3.8) is 0 Å². The lowest BCUT2D eigenvalue weighted by molar-refractivity contribution is -0.121. The van der Waals surface area contributed by atoms with E-state index in [9.17, 15) is 4.79 Å². The predicted octanol–water partition coefficient (Wildman–Crippen LogP) is 4.45. The number of hydrogen-bond donors (Lipinski definition) is 2. The van der Waals surface area contributed by atoms with Crippen LogP contribution in [0.5, 0.6) is 0 Å². The lowest BCUT2D eigenvalue weighted by Gasteiger charge is -2.17. The molecule has 2 N–H and O–H groups in total. The summed E-state index contributed by atoms with van der Waals surface area (Å²) in [7, 11) is 0. The maximum absolute atomic E-state index is 12.7. The number of nitrogens with one attached hydrogen (secondary N) is 2. The molecule has 6 heteroatoms. The molecule has 140 valence electrons. The molecule has 4 aromatic rings. The van der Waals surface area contributed by atoms with Gasteiger partial charge in [-0.25, -0.2) is 4.98 Å². The van der Waals surface area contributed by atoms with Gasteiger partial charge in [0.1, 0.15) is 5.15 Å². The first-order chi connectivity index (χ1) is 13.7. The third-order valence-corrected chi connectivity index (χ3v) is 5.00. The highest BCUT2D eigenvalue weighted by Crippen LogP contribution is 2.33. The smallest absolute Gasteiger partial charge is 0.221 e. The number of aromatic nitrogens is 3. The second-order valence-corrected chi connectivity index (χ2v) is 6.98. The Balaban J connectivity index is 1.60. The number of para-hydroxylation sites is 1. The number of amides is 1. The molecule has 0 aliphatic heterocycles. The number of hydrogen-bond acceptors (Lipinski definition) is 3. The normalized spacial score (nSPS) is 12.0. The Kier molecular flexibility index (Phi) is 5.35. The quantitative estimate of drug-likeness (QED) is 0.478. The lowest BCUT2D eigenvalue weighted by atomic mass is 9.89. The van der Waals surface area contributed by atoms with E-state index in [1.54, 1.807) is 24.7 Å². The second kappa shape index (κ2) is 8.23. The van der Waals surface area contributed by atoms with Crippen LogP contribution in [-0.2, 0) is 11.3 Å². The van der Waals surface area contributed by atoms with Crippen LogP contribution in [0.3, 0.4) is 0 Å². The molecule has 1 amide bonds. The van der Waals surface area contributed by atoms with Gasteiger partial charge in [0, 0.05) is 54.6 Å². The topological polar surface area (TPSA) is 70.7 Å². The van der Waals surface area contributed by atoms with Gasteiger partial charge in [-0.1, -0.05) is 35.9 Å². The Labute approximate surface area is 167 Å². The van der Waals surface area contributed by atoms with Gasteiger partial charge in [-0.15, -0.1) is 0 Å². The van der Waals surface area contributed by atoms with Gasteiger partial charge in [-0.2, -0.15) is 0 Å². The summed E-state index contributed by atoms with van der Waals surface area (Å²) in [6, 6.07) is 15.5. The van der Waals surface area contributed by atoms with Gasteiger partial charge in [-0.3, -0.25) is 9.78 Å². The molecule has 5 nitrogen and oxygen atoms in total. The molecule has 3 aromatic heterocycles. The minimum atomic E-state index is -0.127. The van der Waals surface area contributed by atoms with Crippen molar-refractivity contribution in [2.24, 2.45) is 0 Å². The largest absolute Gasteiger partial charge is 0.361 e. The van der Waals surface area contributed by atoms with Gasteiger partial charge in [0.15, 0.2) is 0 Å². The van der Waals surface area contributed by atoms with E-state index >= 15 is 0 Å². The zero-order chi connectivity index (χ0) is 19.3. The Morgan fingerprint density at radius 1 is 1.11 bits per heavy atom. The van der Waals surface area contributed by atoms with Crippen molar-refractivity contribution in [2.75, 3.05) is 0 Å². The lowest BCUT2D eigenvalue weighted by Crippen LogP contribution is -2.25. The van der Waals surface area contributed by atoms with E-state index in [1.165, 1.54) is 0 Å². The maximum Gasteiger partial charge on any atom is 0.221 e. The van der Waals surface area contributed by atoms with Gasteiger partial charge in [0.2, 0.25) is 5.91 Å². The van der Waals surface area contributed by atoms with Gasteiger partial charge >= 0.3 is 0 Å². The van der Waals surface area contributed by atoms with Gasteiger partial charge < -0.3 is 10.3 Å². The molecule has 0 bridgehead atoms. The molecule has 0 saturated heterocycles. The van der Waals surface area contributed by atoms with E-state index in [0.717, 1.165) is 27.6 Å². The van der Waals surface area contributed by atoms with Crippen molar-refractivity contribution in [3.05, 3.63) is 95.2 Å². The van der Waals surface area contributed by atoms with Crippen LogP contribution in [0.2, 0.25) is 5.15 Å². The summed E-state index contributed by atoms with van der Waals surface area (Å²) in [5.41, 5.74) is 4.08. The minimum absolute atomic E-state index is 0.0259. The first kappa shape index (κ1) is 18.2. The van der Waals surface area contributed by atoms with Gasteiger partial charge in [-0.05, 0) is 41.0 Å². The number of fused-ring (bicyclic) bond motifs is 1. The summed E-state index contributed by atoms with van der Waals surface area (Å²) in [5, 5.41) is 4.53. The molecule has 0 saturated carbocycles. The van der Waals surface area contributed by atoms with Crippen LogP contribution in [0.25, 0.3) is 10.9 Å². The number of carbonyl (C=O) groups is 1. The molecule has 28 heavy (non-hydrogen) atoms. The molecule has 1 unspecified atom stereocenters. The average molecular weight is 391 g/mol. The van der Waals surface area contributed by atoms with Crippen LogP contribution in [0.4, 0.5) is 0 Å². The molecular formula is C22H19ClN4O. The highest BCUT2D eigenvalue weighted by atomic mass is 35.5. The number of halogens is 1. The molecule has 3 heterocycles. The van der Waals surface area contributed by atoms with Crippen molar-refractivity contribution < 1.29 is 4.79 Å². The molecule has 0 aliphatic carbocycles. The first-order valence-corrected chi connectivity index (χ1v) is 9.41. The summed E-state index contributed by atoms with van der Waals surface area (Å²) < 4.78 is 0. The molecule has 0 radical (unpaired) electrons. The van der Waals surface area contributed by atoms with Gasteiger partial charge in [0.25, 0.3) is 0 Å². The van der Waals surface area contributed by atoms with E-state index < -0.39 is 0 Å². The molecular weight excluding hydrogens is 372 g/mol. The van der Waals surface area contributed by atoms with Crippen LogP contribution in [0.15, 0.2) is 73.3 Å². The van der Waals surface area contributed by atoms with E-state index in [2.05, 4.69) is 26.3 Å². The summed E-state index contributed by atoms with van der Waals surface area (Å²) in [5.74, 6) is -0.152. The number of nitrogens with zero attached hydrogens (tertiary/aromatic N) is 2. The van der Waals surface area contributed by atoms with Crippen LogP contribution >= 0.6 is 11.6 Å². The Morgan fingerprint density at radius 3 is 2.71 bits per heavy atom. The fourth-order valence-corrected chi connectivity index (χ4v) is 3.45. The first-order valence-electron chi connectivity index (χ1n) is 9.04. The predicted molar refractivity (Wildman–Crippen MR) is 110 cm³/mol. The summed E-state index contributed by atoms with van der Waals surface area (Å²) >= 11 is 5.96. The Hall–Kier alpha value is -3.18. The van der Waals surface area contributed by atoms with Crippen LogP contribution < -0.4 is 5.32 Å². The third kappa shape index (κ3) is 4.05. The molecule has 4 rings (SSSR count). The molecule has 0 fully saturated rings. The zero-order valence-electron chi connectivity index (χ0n) is 15.1. The van der Waals surface area contributed by atoms with Crippen molar-refractivity contribution in [3.8, 4) is 0 Å². The van der Waals surface area contributed by atoms with E-state index in [1.807, 2.05) is 42.6 Å². The SMILES string of the molecule is O=C(CC(c1ccc(Cl)nc1)c1c[nH]c2ccccc12)NCc1ccncc1. The number of rotatable bonds is 6. The van der Waals surface area contributed by atoms with Crippen LogP contribution in [0, 0.1) is 0 Å². The van der Waals surface area contributed by atoms with E-state index in [4.69, 9.17) is 11.6 Å². The Morgan fingerprint density at radius 2 is 1.93 bits per heavy atom. The fourth-order valence-electron chi connectivity index (χ4n) is 3.34. The van der Waals surface area contributed by atoms with Crippen LogP contribution in [0.1, 0.15) is 29.0 Å². The summed E-state index contributed by atoms with van der Waals surface area (Å²) in [6.45, 7) is 0.473. The monoisotopic (exact) mass is 390 g/mol. The highest BCUT2D eigenvalue weighted by molar-refractivity contribution is 6.29. The Bertz CT molecular complexity index is 1080. The maximum atomic E-state index is 12.7. The number of aromatic amines is 1. The van der Waals surface area contributed by atoms with E-state index in [-0.39, 0.29) is 11.8 Å². The number of H-pyrrole nitrogens is 1. The molecule has 0 aliphatic rings. The van der Waals surface area contributed by atoms with Crippen molar-refractivity contribution in [2.45, 2.75) is 18.9 Å². The zero-order valence-corrected chi connectivity index (χ0v) is 15.9. The molecule has 1 atom stereocenters. The number of pyridine rings is 2. The minimum Gasteiger partial charge on any atom is -0.361 e. The molecule has 1 aromatic carbocycles. The standard InChI is InChI=1S/C22H19ClN4O/c23-21-6-5-16(13-26-21)18(19-14-25-20-4-2-1-3-17(19)20)11-22(28)27-12-15-7-9-24-10-8-15/h1-10,13-14,18,25H,11-12H2,(H,27,28). The third-order valence-electron chi connectivity index (χ3n) is 4.78. The van der Waals surface area contributed by atoms with Gasteiger partial charge in [0.05, 0.1) is 0 Å². The van der Waals surface area contributed by atoms with Crippen LogP contribution in [-0.4, -0.2) is 20.9 Å². The summed E-state index contributed by atoms with van der Waals surface area (Å²) in [4.78, 5) is 24.2. The fraction of sp³-hybridized carbons (Fsp3) is 0.136. The molecule has 0 spiro atoms. The van der Waals surface area contributed by atoms with Crippen molar-refractivity contribution in [1.82, 2.24) is 20.3 Å². The van der Waals surface area contributed by atoms with E-state index in [0.29, 0.717) is 18.1 Å². The average Bonchev–Trinajstić information content (AvgIpc) is 3.16. The van der Waals surface area contributed by atoms with Crippen molar-refractivity contribution >= 4 is 28.4 Å². The van der Waals surface area contributed by atoms with Crippen molar-refractivity contribution in [1.29, 1.82) is 0 Å². The number of carbonyl (C=O) groups excluding carboxylic acids is 1. The second-order valence-electron chi connectivity index (χ2n) is 6.59. The highest BCUT2D eigenvalue weighted by Gasteiger charge is 2.21.